The van der Waals surface area contributed by atoms with E-state index >= 15 is 0 Å². The Kier molecular flexibility index (Phi) is 5.49. The predicted molar refractivity (Wildman–Crippen MR) is 46.8 cm³/mol. The van der Waals surface area contributed by atoms with Crippen LogP contribution in [0, 0.1) is 0 Å². The van der Waals surface area contributed by atoms with Crippen LogP contribution in [0.3, 0.4) is 0 Å². The molecule has 0 aliphatic heterocycles. The molecule has 10 heteroatoms. The van der Waals surface area contributed by atoms with Gasteiger partial charge in [0.1, 0.15) is 0 Å². The SMILES string of the molecule is CCOP(=O)(OCC)C(C(F)(F)F)C(F)(F)F. The molecule has 0 amide bonds. The van der Waals surface area contributed by atoms with Crippen LogP contribution in [0.1, 0.15) is 13.8 Å². The van der Waals surface area contributed by atoms with E-state index in [0.717, 1.165) is 13.8 Å². The summed E-state index contributed by atoms with van der Waals surface area (Å²) in [5.74, 6) is 0. The number of alkyl halides is 6. The van der Waals surface area contributed by atoms with Gasteiger partial charge in [0.2, 0.25) is 0 Å². The Morgan fingerprint density at radius 3 is 1.41 bits per heavy atom. The van der Waals surface area contributed by atoms with Gasteiger partial charge in [-0.15, -0.1) is 0 Å². The first-order chi connectivity index (χ1) is 7.49. The second-order valence-electron chi connectivity index (χ2n) is 2.86. The van der Waals surface area contributed by atoms with Crippen molar-refractivity contribution < 1.29 is 40.0 Å². The van der Waals surface area contributed by atoms with E-state index in [4.69, 9.17) is 0 Å². The largest absolute Gasteiger partial charge is 0.411 e. The van der Waals surface area contributed by atoms with E-state index in [2.05, 4.69) is 9.05 Å². The molecule has 0 fully saturated rings. The van der Waals surface area contributed by atoms with E-state index < -0.39 is 38.8 Å². The van der Waals surface area contributed by atoms with Gasteiger partial charge in [0.05, 0.1) is 13.2 Å². The Bertz CT molecular complexity index is 262. The molecule has 0 heterocycles. The molecule has 0 spiro atoms. The van der Waals surface area contributed by atoms with Crippen molar-refractivity contribution in [3.8, 4) is 0 Å². The van der Waals surface area contributed by atoms with Crippen molar-refractivity contribution in [3.63, 3.8) is 0 Å². The minimum Gasteiger partial charge on any atom is -0.308 e. The van der Waals surface area contributed by atoms with Crippen LogP contribution in [0.25, 0.3) is 0 Å². The van der Waals surface area contributed by atoms with Crippen LogP contribution in [0.2, 0.25) is 0 Å². The van der Waals surface area contributed by atoms with Crippen LogP contribution < -0.4 is 0 Å². The molecule has 0 saturated heterocycles. The summed E-state index contributed by atoms with van der Waals surface area (Å²) in [6.07, 6.45) is -11.5. The third kappa shape index (κ3) is 4.48. The van der Waals surface area contributed by atoms with Crippen LogP contribution in [0.5, 0.6) is 0 Å². The molecule has 0 aromatic carbocycles. The standard InChI is InChI=1S/C7H11F6O3P/c1-3-15-17(14,16-4-2)5(6(8,9)10)7(11,12)13/h5H,3-4H2,1-2H3. The maximum Gasteiger partial charge on any atom is 0.411 e. The number of halogens is 6. The summed E-state index contributed by atoms with van der Waals surface area (Å²) in [6, 6.07) is 0. The first kappa shape index (κ1) is 16.7. The first-order valence-corrected chi connectivity index (χ1v) is 6.12. The van der Waals surface area contributed by atoms with Gasteiger partial charge in [-0.2, -0.15) is 26.3 Å². The summed E-state index contributed by atoms with van der Waals surface area (Å²) >= 11 is 0. The zero-order chi connectivity index (χ0) is 13.9. The van der Waals surface area contributed by atoms with Crippen molar-refractivity contribution in [3.05, 3.63) is 0 Å². The van der Waals surface area contributed by atoms with Gasteiger partial charge in [0.25, 0.3) is 5.66 Å². The second-order valence-corrected chi connectivity index (χ2v) is 4.97. The molecule has 0 rings (SSSR count). The fraction of sp³-hybridized carbons (Fsp3) is 1.00. The van der Waals surface area contributed by atoms with E-state index in [1.165, 1.54) is 0 Å². The Labute approximate surface area is 93.6 Å². The second kappa shape index (κ2) is 5.58. The molecule has 104 valence electrons. The highest BCUT2D eigenvalue weighted by Gasteiger charge is 2.67. The maximum absolute atomic E-state index is 12.3. The Morgan fingerprint density at radius 2 is 1.24 bits per heavy atom. The third-order valence-corrected chi connectivity index (χ3v) is 4.01. The van der Waals surface area contributed by atoms with Crippen molar-refractivity contribution in [2.75, 3.05) is 13.2 Å². The normalized spacial score (nSPS) is 14.4. The quantitative estimate of drug-likeness (QED) is 0.571. The zero-order valence-electron chi connectivity index (χ0n) is 8.93. The summed E-state index contributed by atoms with van der Waals surface area (Å²) < 4.78 is 93.5. The molecule has 0 bridgehead atoms. The molecule has 17 heavy (non-hydrogen) atoms. The van der Waals surface area contributed by atoms with E-state index in [1.807, 2.05) is 0 Å². The fourth-order valence-corrected chi connectivity index (χ4v) is 2.90. The van der Waals surface area contributed by atoms with Gasteiger partial charge >= 0.3 is 19.9 Å². The molecule has 0 aromatic heterocycles. The van der Waals surface area contributed by atoms with Crippen molar-refractivity contribution in [1.82, 2.24) is 0 Å². The summed E-state index contributed by atoms with van der Waals surface area (Å²) in [6.45, 7) is 1.07. The molecule has 0 aromatic rings. The monoisotopic (exact) mass is 288 g/mol. The number of hydrogen-bond donors (Lipinski definition) is 0. The molecule has 0 atom stereocenters. The smallest absolute Gasteiger partial charge is 0.308 e. The minimum absolute atomic E-state index is 0.583. The number of rotatable bonds is 5. The summed E-state index contributed by atoms with van der Waals surface area (Å²) in [7, 11) is -5.32. The highest BCUT2D eigenvalue weighted by molar-refractivity contribution is 7.54. The first-order valence-electron chi connectivity index (χ1n) is 4.51. The average molecular weight is 288 g/mol. The maximum atomic E-state index is 12.3. The van der Waals surface area contributed by atoms with E-state index in [1.54, 1.807) is 0 Å². The molecular formula is C7H11F6O3P. The zero-order valence-corrected chi connectivity index (χ0v) is 9.83. The number of hydrogen-bond acceptors (Lipinski definition) is 3. The summed E-state index contributed by atoms with van der Waals surface area (Å²) in [5, 5.41) is 0. The minimum atomic E-state index is -5.75. The molecule has 0 radical (unpaired) electrons. The molecule has 0 aliphatic rings. The summed E-state index contributed by atoms with van der Waals surface area (Å²) in [5.41, 5.74) is -4.12. The molecule has 0 unspecified atom stereocenters. The Balaban J connectivity index is 5.47. The van der Waals surface area contributed by atoms with Crippen LogP contribution in [0.4, 0.5) is 26.3 Å². The van der Waals surface area contributed by atoms with Crippen LogP contribution in [0.15, 0.2) is 0 Å². The third-order valence-electron chi connectivity index (χ3n) is 1.55. The lowest BCUT2D eigenvalue weighted by atomic mass is 10.4. The Morgan fingerprint density at radius 1 is 0.941 bits per heavy atom. The van der Waals surface area contributed by atoms with Gasteiger partial charge in [-0.05, 0) is 13.8 Å². The van der Waals surface area contributed by atoms with Gasteiger partial charge in [0.15, 0.2) is 0 Å². The molecule has 0 N–H and O–H groups in total. The van der Waals surface area contributed by atoms with Crippen LogP contribution in [-0.2, 0) is 13.6 Å². The lowest BCUT2D eigenvalue weighted by Gasteiger charge is -2.29. The molecule has 3 nitrogen and oxygen atoms in total. The van der Waals surface area contributed by atoms with E-state index in [0.29, 0.717) is 0 Å². The Hall–Kier alpha value is -0.270. The van der Waals surface area contributed by atoms with Crippen LogP contribution >= 0.6 is 7.60 Å². The molecule has 0 saturated carbocycles. The van der Waals surface area contributed by atoms with Gasteiger partial charge in [0, 0.05) is 0 Å². The van der Waals surface area contributed by atoms with E-state index in [9.17, 15) is 30.9 Å². The lowest BCUT2D eigenvalue weighted by Crippen LogP contribution is -2.42. The van der Waals surface area contributed by atoms with Gasteiger partial charge < -0.3 is 9.05 Å². The van der Waals surface area contributed by atoms with Crippen molar-refractivity contribution in [2.24, 2.45) is 0 Å². The van der Waals surface area contributed by atoms with Gasteiger partial charge in [-0.25, -0.2) is 0 Å². The van der Waals surface area contributed by atoms with E-state index in [-0.39, 0.29) is 0 Å². The summed E-state index contributed by atoms with van der Waals surface area (Å²) in [4.78, 5) is 0. The lowest BCUT2D eigenvalue weighted by molar-refractivity contribution is -0.231. The predicted octanol–water partition coefficient (Wildman–Crippen LogP) is 3.75. The van der Waals surface area contributed by atoms with Crippen molar-refractivity contribution >= 4 is 7.60 Å². The average Bonchev–Trinajstić information content (AvgIpc) is 1.97. The highest BCUT2D eigenvalue weighted by atomic mass is 31.2. The topological polar surface area (TPSA) is 35.5 Å². The van der Waals surface area contributed by atoms with Gasteiger partial charge in [-0.3, -0.25) is 4.57 Å². The van der Waals surface area contributed by atoms with Crippen molar-refractivity contribution in [1.29, 1.82) is 0 Å². The molecular weight excluding hydrogens is 277 g/mol. The van der Waals surface area contributed by atoms with Crippen LogP contribution in [-0.4, -0.2) is 31.2 Å². The van der Waals surface area contributed by atoms with Gasteiger partial charge in [-0.1, -0.05) is 0 Å². The highest BCUT2D eigenvalue weighted by Crippen LogP contribution is 2.62. The molecule has 0 aliphatic carbocycles. The fourth-order valence-electron chi connectivity index (χ4n) is 1.09. The van der Waals surface area contributed by atoms with Crippen molar-refractivity contribution in [2.45, 2.75) is 31.9 Å².